The van der Waals surface area contributed by atoms with Crippen LogP contribution < -0.4 is 5.32 Å². The Morgan fingerprint density at radius 2 is 1.61 bits per heavy atom. The molecule has 1 amide bonds. The van der Waals surface area contributed by atoms with Crippen LogP contribution in [0.2, 0.25) is 0 Å². The summed E-state index contributed by atoms with van der Waals surface area (Å²) in [4.78, 5) is 13.2. The van der Waals surface area contributed by atoms with Crippen LogP contribution in [-0.2, 0) is 4.79 Å². The van der Waals surface area contributed by atoms with Gasteiger partial charge in [0.15, 0.2) is 0 Å². The number of amides is 1. The van der Waals surface area contributed by atoms with Gasteiger partial charge in [0.1, 0.15) is 0 Å². The van der Waals surface area contributed by atoms with Crippen LogP contribution in [0.5, 0.6) is 0 Å². The van der Waals surface area contributed by atoms with Gasteiger partial charge in [0.2, 0.25) is 5.91 Å². The Hall–Kier alpha value is -1.31. The quantitative estimate of drug-likeness (QED) is 0.852. The van der Waals surface area contributed by atoms with E-state index in [0.717, 1.165) is 43.4 Å². The monoisotopic (exact) mass is 311 g/mol. The largest absolute Gasteiger partial charge is 0.349 e. The van der Waals surface area contributed by atoms with Crippen molar-refractivity contribution in [3.8, 4) is 0 Å². The van der Waals surface area contributed by atoms with Gasteiger partial charge in [0, 0.05) is 5.41 Å². The lowest BCUT2D eigenvalue weighted by atomic mass is 9.49. The van der Waals surface area contributed by atoms with Crippen molar-refractivity contribution in [3.63, 3.8) is 0 Å². The van der Waals surface area contributed by atoms with Crippen LogP contribution in [0.3, 0.4) is 0 Å². The Morgan fingerprint density at radius 1 is 1.09 bits per heavy atom. The van der Waals surface area contributed by atoms with Crippen LogP contribution in [0.15, 0.2) is 24.3 Å². The number of carbonyl (C=O) groups is 1. The highest BCUT2D eigenvalue weighted by atomic mass is 16.2. The van der Waals surface area contributed by atoms with E-state index in [1.807, 2.05) is 0 Å². The van der Waals surface area contributed by atoms with Gasteiger partial charge in [-0.25, -0.2) is 0 Å². The fourth-order valence-electron chi connectivity index (χ4n) is 5.92. The molecular weight excluding hydrogens is 282 g/mol. The Balaban J connectivity index is 1.51. The maximum Gasteiger partial charge on any atom is 0.226 e. The van der Waals surface area contributed by atoms with E-state index in [4.69, 9.17) is 0 Å². The van der Waals surface area contributed by atoms with E-state index in [1.165, 1.54) is 30.4 Å². The fourth-order valence-corrected chi connectivity index (χ4v) is 5.92. The van der Waals surface area contributed by atoms with Crippen molar-refractivity contribution in [1.82, 2.24) is 5.32 Å². The van der Waals surface area contributed by atoms with Gasteiger partial charge in [-0.2, -0.15) is 0 Å². The lowest BCUT2D eigenvalue weighted by Gasteiger charge is -2.55. The molecule has 23 heavy (non-hydrogen) atoms. The average molecular weight is 311 g/mol. The fraction of sp³-hybridized carbons (Fsp3) is 0.667. The molecule has 0 radical (unpaired) electrons. The van der Waals surface area contributed by atoms with Crippen molar-refractivity contribution in [3.05, 3.63) is 35.4 Å². The summed E-state index contributed by atoms with van der Waals surface area (Å²) in [5.41, 5.74) is 2.49. The predicted octanol–water partition coefficient (Wildman–Crippen LogP) is 4.78. The number of benzene rings is 1. The van der Waals surface area contributed by atoms with Crippen molar-refractivity contribution in [1.29, 1.82) is 0 Å². The van der Waals surface area contributed by atoms with Gasteiger partial charge in [-0.1, -0.05) is 36.8 Å². The predicted molar refractivity (Wildman–Crippen MR) is 93.0 cm³/mol. The van der Waals surface area contributed by atoms with Gasteiger partial charge in [-0.15, -0.1) is 0 Å². The van der Waals surface area contributed by atoms with E-state index in [-0.39, 0.29) is 11.5 Å². The normalized spacial score (nSPS) is 36.0. The van der Waals surface area contributed by atoms with E-state index < -0.39 is 0 Å². The standard InChI is InChI=1S/C21H29NO/c1-3-19(18-6-4-14(2)5-7-18)22-20(23)21-11-15-8-16(12-21)10-17(9-15)13-21/h4-7,15-17,19H,3,8-13H2,1-2H3,(H,22,23)/t15?,16?,17?,19-,21?/m0/s1. The highest BCUT2D eigenvalue weighted by molar-refractivity contribution is 5.83. The molecule has 4 aliphatic carbocycles. The Labute approximate surface area is 140 Å². The van der Waals surface area contributed by atoms with E-state index in [2.05, 4.69) is 43.4 Å². The number of carbonyl (C=O) groups excluding carboxylic acids is 1. The summed E-state index contributed by atoms with van der Waals surface area (Å²) in [6, 6.07) is 8.80. The molecule has 4 bridgehead atoms. The molecule has 0 unspecified atom stereocenters. The molecule has 1 aromatic rings. The van der Waals surface area contributed by atoms with Crippen molar-refractivity contribution < 1.29 is 4.79 Å². The molecular formula is C21H29NO. The van der Waals surface area contributed by atoms with Crippen LogP contribution in [-0.4, -0.2) is 5.91 Å². The first kappa shape index (κ1) is 15.2. The van der Waals surface area contributed by atoms with Crippen LogP contribution in [0, 0.1) is 30.1 Å². The topological polar surface area (TPSA) is 29.1 Å². The SMILES string of the molecule is CC[C@H](NC(=O)C12CC3CC(CC(C3)C1)C2)c1ccc(C)cc1. The van der Waals surface area contributed by atoms with Gasteiger partial charge in [-0.3, -0.25) is 4.79 Å². The number of nitrogens with one attached hydrogen (secondary N) is 1. The molecule has 0 saturated heterocycles. The minimum Gasteiger partial charge on any atom is -0.349 e. The first-order valence-electron chi connectivity index (χ1n) is 9.45. The number of hydrogen-bond donors (Lipinski definition) is 1. The summed E-state index contributed by atoms with van der Waals surface area (Å²) >= 11 is 0. The molecule has 2 nitrogen and oxygen atoms in total. The maximum absolute atomic E-state index is 13.2. The van der Waals surface area contributed by atoms with Crippen molar-refractivity contribution in [2.24, 2.45) is 23.2 Å². The molecule has 2 heteroatoms. The molecule has 1 aromatic carbocycles. The molecule has 0 heterocycles. The zero-order valence-electron chi connectivity index (χ0n) is 14.5. The minimum atomic E-state index is -0.0349. The molecule has 124 valence electrons. The molecule has 4 saturated carbocycles. The maximum atomic E-state index is 13.2. The van der Waals surface area contributed by atoms with Crippen LogP contribution in [0.25, 0.3) is 0 Å². The molecule has 1 N–H and O–H groups in total. The third-order valence-corrected chi connectivity index (χ3v) is 6.71. The number of rotatable bonds is 4. The number of aryl methyl sites for hydroxylation is 1. The summed E-state index contributed by atoms with van der Waals surface area (Å²) in [6.45, 7) is 4.28. The lowest BCUT2D eigenvalue weighted by Crippen LogP contribution is -2.54. The van der Waals surface area contributed by atoms with Crippen LogP contribution >= 0.6 is 0 Å². The van der Waals surface area contributed by atoms with Gasteiger partial charge in [0.25, 0.3) is 0 Å². The van der Waals surface area contributed by atoms with Crippen molar-refractivity contribution in [2.45, 2.75) is 64.8 Å². The third-order valence-electron chi connectivity index (χ3n) is 6.71. The Morgan fingerprint density at radius 3 is 2.09 bits per heavy atom. The van der Waals surface area contributed by atoms with Crippen LogP contribution in [0.4, 0.5) is 0 Å². The van der Waals surface area contributed by atoms with Gasteiger partial charge in [0.05, 0.1) is 6.04 Å². The van der Waals surface area contributed by atoms with Crippen LogP contribution in [0.1, 0.15) is 69.0 Å². The molecule has 0 aromatic heterocycles. The molecule has 4 aliphatic rings. The molecule has 0 aliphatic heterocycles. The van der Waals surface area contributed by atoms with Gasteiger partial charge >= 0.3 is 0 Å². The zero-order valence-corrected chi connectivity index (χ0v) is 14.5. The molecule has 4 fully saturated rings. The average Bonchev–Trinajstić information content (AvgIpc) is 2.52. The first-order valence-corrected chi connectivity index (χ1v) is 9.45. The number of hydrogen-bond acceptors (Lipinski definition) is 1. The van der Waals surface area contributed by atoms with Crippen molar-refractivity contribution >= 4 is 5.91 Å². The van der Waals surface area contributed by atoms with Gasteiger partial charge in [-0.05, 0) is 75.2 Å². The Bertz CT molecular complexity index is 553. The highest BCUT2D eigenvalue weighted by Crippen LogP contribution is 2.60. The molecule has 0 spiro atoms. The summed E-state index contributed by atoms with van der Waals surface area (Å²) in [6.07, 6.45) is 8.58. The van der Waals surface area contributed by atoms with E-state index in [9.17, 15) is 4.79 Å². The summed E-state index contributed by atoms with van der Waals surface area (Å²) in [5, 5.41) is 3.42. The Kier molecular flexibility index (Phi) is 3.74. The second-order valence-corrected chi connectivity index (χ2v) is 8.54. The second-order valence-electron chi connectivity index (χ2n) is 8.54. The van der Waals surface area contributed by atoms with Gasteiger partial charge < -0.3 is 5.32 Å². The first-order chi connectivity index (χ1) is 11.1. The summed E-state index contributed by atoms with van der Waals surface area (Å²) in [7, 11) is 0. The minimum absolute atomic E-state index is 0.0349. The van der Waals surface area contributed by atoms with E-state index >= 15 is 0 Å². The summed E-state index contributed by atoms with van der Waals surface area (Å²) in [5.74, 6) is 2.83. The van der Waals surface area contributed by atoms with E-state index in [1.54, 1.807) is 0 Å². The second kappa shape index (κ2) is 5.65. The third kappa shape index (κ3) is 2.70. The lowest BCUT2D eigenvalue weighted by molar-refractivity contribution is -0.147. The summed E-state index contributed by atoms with van der Waals surface area (Å²) < 4.78 is 0. The molecule has 5 rings (SSSR count). The highest BCUT2D eigenvalue weighted by Gasteiger charge is 2.54. The van der Waals surface area contributed by atoms with Crippen molar-refractivity contribution in [2.75, 3.05) is 0 Å². The zero-order chi connectivity index (χ0) is 16.0. The smallest absolute Gasteiger partial charge is 0.226 e. The molecule has 1 atom stereocenters. The van der Waals surface area contributed by atoms with E-state index in [0.29, 0.717) is 5.91 Å².